The first-order valence-corrected chi connectivity index (χ1v) is 11.3. The standard InChI is InChI=1S/C22H22N4O2S2.ClH/c1-16-6-8-18(28-2)20-21(16)30-22(24-20)26(12-4-11-25-13-10-23-15-25)19(27)9-7-17-5-3-14-29-17;/h3,5-10,13-15H,4,11-12H2,1-2H3;1H. The van der Waals surface area contributed by atoms with Gasteiger partial charge in [0.25, 0.3) is 5.91 Å². The van der Waals surface area contributed by atoms with Crippen LogP contribution < -0.4 is 9.64 Å². The number of thiazole rings is 1. The molecule has 3 heterocycles. The average Bonchev–Trinajstić information content (AvgIpc) is 3.52. The number of methoxy groups -OCH3 is 1. The first-order valence-electron chi connectivity index (χ1n) is 9.58. The van der Waals surface area contributed by atoms with Gasteiger partial charge in [-0.05, 0) is 42.5 Å². The van der Waals surface area contributed by atoms with E-state index < -0.39 is 0 Å². The Morgan fingerprint density at radius 2 is 2.19 bits per heavy atom. The van der Waals surface area contributed by atoms with Crippen LogP contribution >= 0.6 is 35.1 Å². The van der Waals surface area contributed by atoms with Gasteiger partial charge in [0.05, 0.1) is 18.1 Å². The minimum Gasteiger partial charge on any atom is -0.494 e. The molecule has 0 atom stereocenters. The zero-order chi connectivity index (χ0) is 20.9. The summed E-state index contributed by atoms with van der Waals surface area (Å²) in [5.41, 5.74) is 1.92. The van der Waals surface area contributed by atoms with Crippen LogP contribution in [0, 0.1) is 6.92 Å². The molecule has 0 aliphatic rings. The number of hydrogen-bond acceptors (Lipinski definition) is 6. The molecule has 0 unspecified atom stereocenters. The Morgan fingerprint density at radius 3 is 2.90 bits per heavy atom. The van der Waals surface area contributed by atoms with Crippen LogP contribution in [0.1, 0.15) is 16.9 Å². The van der Waals surface area contributed by atoms with Gasteiger partial charge >= 0.3 is 0 Å². The summed E-state index contributed by atoms with van der Waals surface area (Å²) in [7, 11) is 1.64. The molecular weight excluding hydrogens is 452 g/mol. The number of hydrogen-bond donors (Lipinski definition) is 0. The van der Waals surface area contributed by atoms with Gasteiger partial charge in [-0.15, -0.1) is 23.7 Å². The number of carbonyl (C=O) groups is 1. The number of thiophene rings is 1. The van der Waals surface area contributed by atoms with Crippen LogP contribution in [0.15, 0.2) is 54.4 Å². The van der Waals surface area contributed by atoms with E-state index in [4.69, 9.17) is 9.72 Å². The van der Waals surface area contributed by atoms with Crippen LogP contribution in [0.3, 0.4) is 0 Å². The molecule has 0 aliphatic carbocycles. The molecule has 0 saturated heterocycles. The molecule has 0 radical (unpaired) electrons. The lowest BCUT2D eigenvalue weighted by atomic mass is 10.2. The van der Waals surface area contributed by atoms with Crippen molar-refractivity contribution in [3.05, 3.63) is 64.9 Å². The lowest BCUT2D eigenvalue weighted by Crippen LogP contribution is -2.30. The second-order valence-electron chi connectivity index (χ2n) is 6.75. The fourth-order valence-corrected chi connectivity index (χ4v) is 4.84. The third-order valence-electron chi connectivity index (χ3n) is 4.70. The highest BCUT2D eigenvalue weighted by molar-refractivity contribution is 7.22. The van der Waals surface area contributed by atoms with E-state index in [1.54, 1.807) is 41.9 Å². The zero-order valence-corrected chi connectivity index (χ0v) is 19.7. The molecule has 3 aromatic heterocycles. The second-order valence-corrected chi connectivity index (χ2v) is 8.71. The van der Waals surface area contributed by atoms with Crippen molar-refractivity contribution in [1.82, 2.24) is 14.5 Å². The van der Waals surface area contributed by atoms with E-state index in [9.17, 15) is 4.79 Å². The van der Waals surface area contributed by atoms with Crippen molar-refractivity contribution < 1.29 is 9.53 Å². The van der Waals surface area contributed by atoms with E-state index in [2.05, 4.69) is 4.98 Å². The van der Waals surface area contributed by atoms with Crippen LogP contribution in [-0.4, -0.2) is 34.1 Å². The molecule has 4 aromatic rings. The lowest BCUT2D eigenvalue weighted by molar-refractivity contribution is -0.114. The smallest absolute Gasteiger partial charge is 0.252 e. The Kier molecular flexibility index (Phi) is 7.84. The van der Waals surface area contributed by atoms with Gasteiger partial charge in [-0.25, -0.2) is 9.97 Å². The van der Waals surface area contributed by atoms with Crippen LogP contribution in [0.2, 0.25) is 0 Å². The number of aromatic nitrogens is 3. The Balaban J connectivity index is 0.00000272. The zero-order valence-electron chi connectivity index (χ0n) is 17.2. The van der Waals surface area contributed by atoms with Gasteiger partial charge in [0, 0.05) is 36.4 Å². The van der Waals surface area contributed by atoms with E-state index in [1.807, 2.05) is 53.4 Å². The van der Waals surface area contributed by atoms with Crippen molar-refractivity contribution in [2.45, 2.75) is 19.9 Å². The Bertz CT molecular complexity index is 1150. The molecule has 4 rings (SSSR count). The van der Waals surface area contributed by atoms with Gasteiger partial charge in [-0.2, -0.15) is 0 Å². The van der Waals surface area contributed by atoms with Crippen molar-refractivity contribution in [2.75, 3.05) is 18.6 Å². The van der Waals surface area contributed by atoms with Gasteiger partial charge in [0.15, 0.2) is 5.13 Å². The summed E-state index contributed by atoms with van der Waals surface area (Å²) in [6, 6.07) is 7.90. The molecular formula is C22H23ClN4O2S2. The summed E-state index contributed by atoms with van der Waals surface area (Å²) in [5.74, 6) is 0.641. The Labute approximate surface area is 195 Å². The summed E-state index contributed by atoms with van der Waals surface area (Å²) >= 11 is 3.13. The maximum Gasteiger partial charge on any atom is 0.252 e. The Hall–Kier alpha value is -2.68. The van der Waals surface area contributed by atoms with Crippen LogP contribution in [0.25, 0.3) is 16.3 Å². The van der Waals surface area contributed by atoms with Crippen LogP contribution in [0.5, 0.6) is 5.75 Å². The van der Waals surface area contributed by atoms with Crippen molar-refractivity contribution in [1.29, 1.82) is 0 Å². The number of anilines is 1. The normalized spacial score (nSPS) is 11.0. The van der Waals surface area contributed by atoms with Gasteiger partial charge in [-0.1, -0.05) is 23.5 Å². The number of amides is 1. The number of fused-ring (bicyclic) bond motifs is 1. The molecule has 31 heavy (non-hydrogen) atoms. The molecule has 9 heteroatoms. The minimum atomic E-state index is -0.0790. The number of carbonyl (C=O) groups excluding carboxylic acids is 1. The van der Waals surface area contributed by atoms with Gasteiger partial charge in [0.2, 0.25) is 0 Å². The molecule has 0 N–H and O–H groups in total. The highest BCUT2D eigenvalue weighted by atomic mass is 35.5. The molecule has 1 aromatic carbocycles. The SMILES string of the molecule is COc1ccc(C)c2sc(N(CCCn3ccnc3)C(=O)C=Cc3cccs3)nc12.Cl. The van der Waals surface area contributed by atoms with Crippen molar-refractivity contribution in [3.8, 4) is 5.75 Å². The van der Waals surface area contributed by atoms with Crippen LogP contribution in [0.4, 0.5) is 5.13 Å². The number of benzene rings is 1. The fourth-order valence-electron chi connectivity index (χ4n) is 3.14. The van der Waals surface area contributed by atoms with Crippen molar-refractivity contribution >= 4 is 62.4 Å². The maximum absolute atomic E-state index is 13.1. The molecule has 0 aliphatic heterocycles. The maximum atomic E-state index is 13.1. The first-order chi connectivity index (χ1) is 14.7. The molecule has 0 saturated carbocycles. The highest BCUT2D eigenvalue weighted by Crippen LogP contribution is 2.36. The quantitative estimate of drug-likeness (QED) is 0.319. The minimum absolute atomic E-state index is 0. The van der Waals surface area contributed by atoms with E-state index in [0.717, 1.165) is 39.4 Å². The number of nitrogens with zero attached hydrogens (tertiary/aromatic N) is 4. The third-order valence-corrected chi connectivity index (χ3v) is 6.75. The molecule has 0 fully saturated rings. The third kappa shape index (κ3) is 5.33. The predicted molar refractivity (Wildman–Crippen MR) is 131 cm³/mol. The number of ether oxygens (including phenoxy) is 1. The van der Waals surface area contributed by atoms with Crippen molar-refractivity contribution in [2.24, 2.45) is 0 Å². The highest BCUT2D eigenvalue weighted by Gasteiger charge is 2.20. The monoisotopic (exact) mass is 474 g/mol. The van der Waals surface area contributed by atoms with Gasteiger partial charge < -0.3 is 9.30 Å². The predicted octanol–water partition coefficient (Wildman–Crippen LogP) is 5.43. The van der Waals surface area contributed by atoms with E-state index in [-0.39, 0.29) is 18.3 Å². The second kappa shape index (κ2) is 10.6. The number of rotatable bonds is 8. The van der Waals surface area contributed by atoms with E-state index in [1.165, 1.54) is 11.3 Å². The van der Waals surface area contributed by atoms with E-state index in [0.29, 0.717) is 11.7 Å². The number of imidazole rings is 1. The van der Waals surface area contributed by atoms with E-state index >= 15 is 0 Å². The average molecular weight is 475 g/mol. The van der Waals surface area contributed by atoms with Gasteiger partial charge in [0.1, 0.15) is 11.3 Å². The lowest BCUT2D eigenvalue weighted by Gasteiger charge is -2.18. The molecule has 0 bridgehead atoms. The summed E-state index contributed by atoms with van der Waals surface area (Å²) < 4.78 is 8.53. The number of aryl methyl sites for hydroxylation is 2. The molecule has 6 nitrogen and oxygen atoms in total. The molecule has 1 amide bonds. The topological polar surface area (TPSA) is 60.2 Å². The summed E-state index contributed by atoms with van der Waals surface area (Å²) in [5, 5.41) is 2.68. The van der Waals surface area contributed by atoms with Crippen molar-refractivity contribution in [3.63, 3.8) is 0 Å². The summed E-state index contributed by atoms with van der Waals surface area (Å²) in [6.07, 6.45) is 9.74. The van der Waals surface area contributed by atoms with Crippen LogP contribution in [-0.2, 0) is 11.3 Å². The summed E-state index contributed by atoms with van der Waals surface area (Å²) in [4.78, 5) is 24.8. The Morgan fingerprint density at radius 1 is 1.32 bits per heavy atom. The largest absolute Gasteiger partial charge is 0.494 e. The molecule has 162 valence electrons. The summed E-state index contributed by atoms with van der Waals surface area (Å²) in [6.45, 7) is 3.39. The van der Waals surface area contributed by atoms with Gasteiger partial charge in [-0.3, -0.25) is 9.69 Å². The number of halogens is 1. The molecule has 0 spiro atoms. The first kappa shape index (κ1) is 23.0. The fraction of sp³-hybridized carbons (Fsp3) is 0.227.